The number of nitrogens with zero attached hydrogens (tertiary/aromatic N) is 2. The van der Waals surface area contributed by atoms with E-state index >= 15 is 0 Å². The minimum atomic E-state index is 0.0428. The molecule has 22 heavy (non-hydrogen) atoms. The molecule has 0 unspecified atom stereocenters. The van der Waals surface area contributed by atoms with E-state index in [1.807, 2.05) is 43.5 Å². The molecule has 0 spiro atoms. The number of hydrogen-bond acceptors (Lipinski definition) is 3. The Balaban J connectivity index is 1.43. The first kappa shape index (κ1) is 14.6. The highest BCUT2D eigenvalue weighted by Gasteiger charge is 2.20. The normalized spacial score (nSPS) is 16.9. The molecule has 0 aliphatic carbocycles. The number of para-hydroxylation sites is 1. The van der Waals surface area contributed by atoms with Gasteiger partial charge >= 0.3 is 0 Å². The lowest BCUT2D eigenvalue weighted by molar-refractivity contribution is -0.122. The van der Waals surface area contributed by atoms with Gasteiger partial charge in [-0.15, -0.1) is 0 Å². The summed E-state index contributed by atoms with van der Waals surface area (Å²) in [6.07, 6.45) is 4.29. The molecule has 0 bridgehead atoms. The number of benzene rings is 1. The molecule has 1 amide bonds. The minimum Gasteiger partial charge on any atom is -0.493 e. The van der Waals surface area contributed by atoms with Crippen molar-refractivity contribution in [1.29, 1.82) is 0 Å². The zero-order valence-corrected chi connectivity index (χ0v) is 12.8. The van der Waals surface area contributed by atoms with Gasteiger partial charge in [-0.2, -0.15) is 0 Å². The summed E-state index contributed by atoms with van der Waals surface area (Å²) in [7, 11) is 0. The molecule has 0 radical (unpaired) electrons. The molecule has 2 aromatic rings. The van der Waals surface area contributed by atoms with E-state index in [0.29, 0.717) is 13.0 Å². The summed E-state index contributed by atoms with van der Waals surface area (Å²) in [4.78, 5) is 16.5. The quantitative estimate of drug-likeness (QED) is 0.920. The van der Waals surface area contributed by atoms with Crippen LogP contribution in [0, 0.1) is 6.92 Å². The van der Waals surface area contributed by atoms with Crippen LogP contribution in [0.5, 0.6) is 5.75 Å². The molecule has 0 saturated heterocycles. The van der Waals surface area contributed by atoms with Crippen LogP contribution in [0.15, 0.2) is 36.5 Å². The molecule has 1 aromatic carbocycles. The second kappa shape index (κ2) is 6.64. The maximum atomic E-state index is 12.0. The third-order valence-corrected chi connectivity index (χ3v) is 3.82. The van der Waals surface area contributed by atoms with Crippen LogP contribution in [0.3, 0.4) is 0 Å². The highest BCUT2D eigenvalue weighted by Crippen LogP contribution is 2.15. The fourth-order valence-corrected chi connectivity index (χ4v) is 2.78. The summed E-state index contributed by atoms with van der Waals surface area (Å²) in [6.45, 7) is 3.21. The van der Waals surface area contributed by atoms with Crippen LogP contribution >= 0.6 is 0 Å². The lowest BCUT2D eigenvalue weighted by atomic mass is 10.1. The molecule has 0 fully saturated rings. The van der Waals surface area contributed by atoms with Gasteiger partial charge in [0.25, 0.3) is 0 Å². The van der Waals surface area contributed by atoms with Gasteiger partial charge in [-0.25, -0.2) is 4.98 Å². The molecule has 1 aromatic heterocycles. The van der Waals surface area contributed by atoms with Crippen LogP contribution in [0.25, 0.3) is 0 Å². The van der Waals surface area contributed by atoms with E-state index in [9.17, 15) is 4.79 Å². The van der Waals surface area contributed by atoms with Crippen molar-refractivity contribution < 1.29 is 9.53 Å². The summed E-state index contributed by atoms with van der Waals surface area (Å²) in [5.41, 5.74) is 1.04. The van der Waals surface area contributed by atoms with Gasteiger partial charge in [0.2, 0.25) is 5.91 Å². The topological polar surface area (TPSA) is 56.2 Å². The fourth-order valence-electron chi connectivity index (χ4n) is 2.78. The zero-order valence-electron chi connectivity index (χ0n) is 12.8. The number of imidazole rings is 1. The van der Waals surface area contributed by atoms with Crippen LogP contribution in [-0.2, 0) is 17.8 Å². The highest BCUT2D eigenvalue weighted by atomic mass is 16.5. The lowest BCUT2D eigenvalue weighted by Gasteiger charge is -2.24. The maximum absolute atomic E-state index is 12.0. The van der Waals surface area contributed by atoms with E-state index in [2.05, 4.69) is 14.9 Å². The van der Waals surface area contributed by atoms with E-state index in [1.165, 1.54) is 0 Å². The van der Waals surface area contributed by atoms with Gasteiger partial charge in [0.1, 0.15) is 11.6 Å². The molecule has 1 atom stereocenters. The van der Waals surface area contributed by atoms with Gasteiger partial charge in [-0.3, -0.25) is 4.79 Å². The van der Waals surface area contributed by atoms with Crippen molar-refractivity contribution in [3.8, 4) is 5.75 Å². The number of aromatic nitrogens is 2. The summed E-state index contributed by atoms with van der Waals surface area (Å²) in [5, 5.41) is 3.09. The van der Waals surface area contributed by atoms with E-state index in [-0.39, 0.29) is 11.9 Å². The first-order valence-corrected chi connectivity index (χ1v) is 7.70. The Bertz CT molecular complexity index is 637. The number of carbonyl (C=O) groups is 1. The molecular formula is C17H21N3O2. The van der Waals surface area contributed by atoms with Gasteiger partial charge < -0.3 is 14.6 Å². The summed E-state index contributed by atoms with van der Waals surface area (Å²) in [6, 6.07) is 9.74. The second-order valence-corrected chi connectivity index (χ2v) is 5.67. The van der Waals surface area contributed by atoms with E-state index in [4.69, 9.17) is 4.74 Å². The molecule has 1 aliphatic heterocycles. The minimum absolute atomic E-state index is 0.0428. The Morgan fingerprint density at radius 1 is 1.41 bits per heavy atom. The lowest BCUT2D eigenvalue weighted by Crippen LogP contribution is -2.41. The van der Waals surface area contributed by atoms with Crippen molar-refractivity contribution in [2.24, 2.45) is 0 Å². The number of fused-ring (bicyclic) bond motifs is 1. The smallest absolute Gasteiger partial charge is 0.223 e. The molecule has 116 valence electrons. The number of aryl methyl sites for hydroxylation is 2. The Morgan fingerprint density at radius 3 is 3.05 bits per heavy atom. The van der Waals surface area contributed by atoms with Crippen LogP contribution in [-0.4, -0.2) is 28.1 Å². The third kappa shape index (κ3) is 3.67. The molecule has 1 aliphatic rings. The number of amides is 1. The number of nitrogens with one attached hydrogen (secondary N) is 1. The van der Waals surface area contributed by atoms with Crippen molar-refractivity contribution in [3.05, 3.63) is 48.0 Å². The number of rotatable bonds is 5. The molecule has 2 heterocycles. The van der Waals surface area contributed by atoms with Crippen molar-refractivity contribution in [2.75, 3.05) is 6.61 Å². The van der Waals surface area contributed by atoms with Crippen molar-refractivity contribution in [3.63, 3.8) is 0 Å². The van der Waals surface area contributed by atoms with E-state index in [1.54, 1.807) is 0 Å². The number of ether oxygens (including phenoxy) is 1. The molecule has 5 nitrogen and oxygen atoms in total. The van der Waals surface area contributed by atoms with Gasteiger partial charge in [0.15, 0.2) is 0 Å². The summed E-state index contributed by atoms with van der Waals surface area (Å²) < 4.78 is 7.69. The van der Waals surface area contributed by atoms with Crippen molar-refractivity contribution in [1.82, 2.24) is 14.9 Å². The van der Waals surface area contributed by atoms with Crippen molar-refractivity contribution >= 4 is 5.91 Å². The molecule has 3 rings (SSSR count). The largest absolute Gasteiger partial charge is 0.493 e. The molecule has 1 N–H and O–H groups in total. The van der Waals surface area contributed by atoms with Crippen LogP contribution in [0.1, 0.15) is 24.4 Å². The van der Waals surface area contributed by atoms with Crippen LogP contribution in [0.2, 0.25) is 0 Å². The highest BCUT2D eigenvalue weighted by molar-refractivity contribution is 5.76. The summed E-state index contributed by atoms with van der Waals surface area (Å²) >= 11 is 0. The maximum Gasteiger partial charge on any atom is 0.223 e. The van der Waals surface area contributed by atoms with Crippen LogP contribution < -0.4 is 10.1 Å². The Kier molecular flexibility index (Phi) is 4.42. The first-order valence-electron chi connectivity index (χ1n) is 7.70. The van der Waals surface area contributed by atoms with Gasteiger partial charge in [-0.1, -0.05) is 18.2 Å². The van der Waals surface area contributed by atoms with E-state index < -0.39 is 0 Å². The molecule has 0 saturated carbocycles. The average molecular weight is 299 g/mol. The predicted octanol–water partition coefficient (Wildman–Crippen LogP) is 2.09. The van der Waals surface area contributed by atoms with Crippen molar-refractivity contribution in [2.45, 2.75) is 38.8 Å². The SMILES string of the molecule is Cc1cn2c(n1)CC[C@H](NC(=O)CCOc1ccccc1)C2. The molecular weight excluding hydrogens is 278 g/mol. The van der Waals surface area contributed by atoms with Crippen LogP contribution in [0.4, 0.5) is 0 Å². The standard InChI is InChI=1S/C17H21N3O2/c1-13-11-20-12-14(7-8-16(20)18-13)19-17(21)9-10-22-15-5-3-2-4-6-15/h2-6,11,14H,7-10,12H2,1H3,(H,19,21)/t14-/m0/s1. The van der Waals surface area contributed by atoms with Gasteiger partial charge in [0, 0.05) is 25.2 Å². The predicted molar refractivity (Wildman–Crippen MR) is 83.8 cm³/mol. The van der Waals surface area contributed by atoms with Gasteiger partial charge in [0.05, 0.1) is 18.7 Å². The first-order chi connectivity index (χ1) is 10.7. The summed E-state index contributed by atoms with van der Waals surface area (Å²) in [5.74, 6) is 1.96. The number of hydrogen-bond donors (Lipinski definition) is 1. The Hall–Kier alpha value is -2.30. The number of carbonyl (C=O) groups excluding carboxylic acids is 1. The molecule has 5 heteroatoms. The second-order valence-electron chi connectivity index (χ2n) is 5.67. The fraction of sp³-hybridized carbons (Fsp3) is 0.412. The monoisotopic (exact) mass is 299 g/mol. The average Bonchev–Trinajstić information content (AvgIpc) is 2.87. The Labute approximate surface area is 130 Å². The zero-order chi connectivity index (χ0) is 15.4. The Morgan fingerprint density at radius 2 is 2.23 bits per heavy atom. The third-order valence-electron chi connectivity index (χ3n) is 3.82. The van der Waals surface area contributed by atoms with Gasteiger partial charge in [-0.05, 0) is 25.5 Å². The van der Waals surface area contributed by atoms with E-state index in [0.717, 1.165) is 36.7 Å².